The van der Waals surface area contributed by atoms with Crippen molar-refractivity contribution in [2.75, 3.05) is 19.6 Å². The van der Waals surface area contributed by atoms with Gasteiger partial charge >= 0.3 is 6.03 Å². The van der Waals surface area contributed by atoms with Crippen molar-refractivity contribution in [1.29, 1.82) is 0 Å². The number of nitrogens with zero attached hydrogens (tertiary/aromatic N) is 2. The van der Waals surface area contributed by atoms with E-state index in [2.05, 4.69) is 11.9 Å². The molecule has 5 nitrogen and oxygen atoms in total. The number of nitrogens with one attached hydrogen (secondary N) is 1. The maximum absolute atomic E-state index is 12.9. The molecule has 0 unspecified atom stereocenters. The normalized spacial score (nSPS) is 10.2. The molecule has 1 heterocycles. The summed E-state index contributed by atoms with van der Waals surface area (Å²) >= 11 is 1.62. The lowest BCUT2D eigenvalue weighted by Gasteiger charge is -2.27. The second-order valence-electron chi connectivity index (χ2n) is 5.82. The Balaban J connectivity index is 2.12. The van der Waals surface area contributed by atoms with Crippen molar-refractivity contribution in [2.45, 2.75) is 20.0 Å². The van der Waals surface area contributed by atoms with E-state index in [9.17, 15) is 9.59 Å². The van der Waals surface area contributed by atoms with Gasteiger partial charge in [0.1, 0.15) is 6.54 Å². The lowest BCUT2D eigenvalue weighted by Crippen LogP contribution is -2.46. The van der Waals surface area contributed by atoms with Crippen LogP contribution in [0, 0.1) is 0 Å². The minimum atomic E-state index is -0.253. The van der Waals surface area contributed by atoms with E-state index in [0.717, 1.165) is 10.4 Å². The van der Waals surface area contributed by atoms with Gasteiger partial charge in [-0.15, -0.1) is 17.9 Å². The topological polar surface area (TPSA) is 52.7 Å². The Labute approximate surface area is 158 Å². The first kappa shape index (κ1) is 19.7. The monoisotopic (exact) mass is 371 g/mol. The zero-order valence-corrected chi connectivity index (χ0v) is 15.9. The summed E-state index contributed by atoms with van der Waals surface area (Å²) in [5.74, 6) is -0.0876. The number of rotatable bonds is 9. The van der Waals surface area contributed by atoms with Gasteiger partial charge in [-0.25, -0.2) is 4.79 Å². The Morgan fingerprint density at radius 2 is 1.88 bits per heavy atom. The second kappa shape index (κ2) is 10.4. The fourth-order valence-corrected chi connectivity index (χ4v) is 3.25. The first-order valence-corrected chi connectivity index (χ1v) is 9.49. The van der Waals surface area contributed by atoms with Gasteiger partial charge in [-0.1, -0.05) is 42.5 Å². The van der Waals surface area contributed by atoms with Gasteiger partial charge in [-0.3, -0.25) is 4.79 Å². The molecule has 0 aliphatic rings. The molecule has 26 heavy (non-hydrogen) atoms. The standard InChI is InChI=1S/C20H25N3O2S/c1-3-12-22(20(25)21-4-2)16-19(24)23(15-18-11-8-13-26-18)14-17-9-6-5-7-10-17/h3,5-11,13H,1,4,12,14-16H2,2H3,(H,21,25). The molecule has 2 rings (SSSR count). The summed E-state index contributed by atoms with van der Waals surface area (Å²) < 4.78 is 0. The van der Waals surface area contributed by atoms with E-state index >= 15 is 0 Å². The second-order valence-corrected chi connectivity index (χ2v) is 6.85. The van der Waals surface area contributed by atoms with Gasteiger partial charge in [0.25, 0.3) is 0 Å². The van der Waals surface area contributed by atoms with Crippen LogP contribution >= 0.6 is 11.3 Å². The van der Waals surface area contributed by atoms with E-state index < -0.39 is 0 Å². The van der Waals surface area contributed by atoms with Crippen LogP contribution in [0.25, 0.3) is 0 Å². The number of hydrogen-bond donors (Lipinski definition) is 1. The number of carbonyl (C=O) groups is 2. The van der Waals surface area contributed by atoms with Gasteiger partial charge in [0, 0.05) is 24.5 Å². The highest BCUT2D eigenvalue weighted by Crippen LogP contribution is 2.15. The van der Waals surface area contributed by atoms with Crippen LogP contribution < -0.4 is 5.32 Å². The van der Waals surface area contributed by atoms with Crippen LogP contribution in [0.5, 0.6) is 0 Å². The van der Waals surface area contributed by atoms with Crippen molar-refractivity contribution < 1.29 is 9.59 Å². The van der Waals surface area contributed by atoms with E-state index in [-0.39, 0.29) is 18.5 Å². The van der Waals surface area contributed by atoms with E-state index in [1.165, 1.54) is 4.90 Å². The molecule has 0 aliphatic heterocycles. The van der Waals surface area contributed by atoms with E-state index in [0.29, 0.717) is 26.2 Å². The number of urea groups is 1. The van der Waals surface area contributed by atoms with Crippen LogP contribution in [-0.4, -0.2) is 41.4 Å². The van der Waals surface area contributed by atoms with Crippen molar-refractivity contribution in [3.8, 4) is 0 Å². The SMILES string of the molecule is C=CCN(CC(=O)N(Cc1ccccc1)Cc1cccs1)C(=O)NCC. The third kappa shape index (κ3) is 6.04. The molecule has 2 aromatic rings. The quantitative estimate of drug-likeness (QED) is 0.686. The average Bonchev–Trinajstić information content (AvgIpc) is 3.15. The summed E-state index contributed by atoms with van der Waals surface area (Å²) in [7, 11) is 0. The predicted molar refractivity (Wildman–Crippen MR) is 106 cm³/mol. The van der Waals surface area contributed by atoms with Gasteiger partial charge in [0.15, 0.2) is 0 Å². The Bertz CT molecular complexity index is 701. The number of benzene rings is 1. The largest absolute Gasteiger partial charge is 0.338 e. The number of thiophene rings is 1. The van der Waals surface area contributed by atoms with Crippen LogP contribution in [0.15, 0.2) is 60.5 Å². The van der Waals surface area contributed by atoms with Crippen LogP contribution in [0.4, 0.5) is 4.79 Å². The molecule has 138 valence electrons. The highest BCUT2D eigenvalue weighted by molar-refractivity contribution is 7.09. The molecule has 6 heteroatoms. The fourth-order valence-electron chi connectivity index (χ4n) is 2.53. The summed E-state index contributed by atoms with van der Waals surface area (Å²) in [6.45, 7) is 7.44. The minimum Gasteiger partial charge on any atom is -0.338 e. The van der Waals surface area contributed by atoms with E-state index in [4.69, 9.17) is 0 Å². The first-order chi connectivity index (χ1) is 12.6. The molecule has 0 fully saturated rings. The first-order valence-electron chi connectivity index (χ1n) is 8.61. The Kier molecular flexibility index (Phi) is 7.89. The maximum Gasteiger partial charge on any atom is 0.318 e. The van der Waals surface area contributed by atoms with Gasteiger partial charge in [0.2, 0.25) is 5.91 Å². The minimum absolute atomic E-state index is 0.0239. The lowest BCUT2D eigenvalue weighted by molar-refractivity contribution is -0.133. The molecule has 1 aromatic heterocycles. The summed E-state index contributed by atoms with van der Waals surface area (Å²) in [6, 6.07) is 13.6. The Hall–Kier alpha value is -2.60. The highest BCUT2D eigenvalue weighted by atomic mass is 32.1. The third-order valence-electron chi connectivity index (χ3n) is 3.79. The molecule has 0 spiro atoms. The zero-order valence-electron chi connectivity index (χ0n) is 15.1. The molecule has 0 atom stereocenters. The summed E-state index contributed by atoms with van der Waals surface area (Å²) in [4.78, 5) is 29.5. The molecule has 0 aliphatic carbocycles. The smallest absolute Gasteiger partial charge is 0.318 e. The summed E-state index contributed by atoms with van der Waals surface area (Å²) in [6.07, 6.45) is 1.63. The Morgan fingerprint density at radius 3 is 2.50 bits per heavy atom. The average molecular weight is 372 g/mol. The van der Waals surface area contributed by atoms with Gasteiger partial charge in [0.05, 0.1) is 6.54 Å². The van der Waals surface area contributed by atoms with Crippen LogP contribution in [0.3, 0.4) is 0 Å². The van der Waals surface area contributed by atoms with Crippen molar-refractivity contribution in [2.24, 2.45) is 0 Å². The molecular formula is C20H25N3O2S. The van der Waals surface area contributed by atoms with Gasteiger partial charge in [-0.05, 0) is 23.9 Å². The van der Waals surface area contributed by atoms with Crippen molar-refractivity contribution in [3.05, 3.63) is 70.9 Å². The number of hydrogen-bond acceptors (Lipinski definition) is 3. The molecule has 0 saturated heterocycles. The van der Waals surface area contributed by atoms with Crippen molar-refractivity contribution in [3.63, 3.8) is 0 Å². The molecule has 0 radical (unpaired) electrons. The van der Waals surface area contributed by atoms with E-state index in [1.54, 1.807) is 22.3 Å². The van der Waals surface area contributed by atoms with Crippen LogP contribution in [0.2, 0.25) is 0 Å². The molecule has 0 bridgehead atoms. The zero-order chi connectivity index (χ0) is 18.8. The van der Waals surface area contributed by atoms with Gasteiger partial charge < -0.3 is 15.1 Å². The molecule has 3 amide bonds. The number of amides is 3. The highest BCUT2D eigenvalue weighted by Gasteiger charge is 2.21. The lowest BCUT2D eigenvalue weighted by atomic mass is 10.2. The maximum atomic E-state index is 12.9. The van der Waals surface area contributed by atoms with E-state index in [1.807, 2.05) is 54.8 Å². The third-order valence-corrected chi connectivity index (χ3v) is 4.65. The molecule has 0 saturated carbocycles. The number of carbonyl (C=O) groups excluding carboxylic acids is 2. The molecular weight excluding hydrogens is 346 g/mol. The summed E-state index contributed by atoms with van der Waals surface area (Å²) in [5, 5.41) is 4.74. The van der Waals surface area contributed by atoms with Crippen molar-refractivity contribution in [1.82, 2.24) is 15.1 Å². The fraction of sp³-hybridized carbons (Fsp3) is 0.300. The van der Waals surface area contributed by atoms with Gasteiger partial charge in [-0.2, -0.15) is 0 Å². The predicted octanol–water partition coefficient (Wildman–Crippen LogP) is 3.49. The summed E-state index contributed by atoms with van der Waals surface area (Å²) in [5.41, 5.74) is 1.06. The Morgan fingerprint density at radius 1 is 1.12 bits per heavy atom. The van der Waals surface area contributed by atoms with Crippen LogP contribution in [-0.2, 0) is 17.9 Å². The molecule has 1 aromatic carbocycles. The van der Waals surface area contributed by atoms with Crippen molar-refractivity contribution >= 4 is 23.3 Å². The van der Waals surface area contributed by atoms with Crippen LogP contribution in [0.1, 0.15) is 17.4 Å². The molecule has 1 N–H and O–H groups in total.